The molecule has 0 aromatic carbocycles. The van der Waals surface area contributed by atoms with Crippen molar-refractivity contribution in [2.24, 2.45) is 5.41 Å². The molecule has 1 aliphatic rings. The number of aliphatic carboxylic acids is 1. The highest BCUT2D eigenvalue weighted by Gasteiger charge is 2.42. The first-order valence-corrected chi connectivity index (χ1v) is 5.14. The van der Waals surface area contributed by atoms with E-state index in [0.29, 0.717) is 19.5 Å². The molecule has 0 aliphatic carbocycles. The third kappa shape index (κ3) is 2.61. The number of rotatable bonds is 2. The first kappa shape index (κ1) is 11.8. The van der Waals surface area contributed by atoms with E-state index in [0.717, 1.165) is 0 Å². The molecule has 0 saturated carbocycles. The van der Waals surface area contributed by atoms with Gasteiger partial charge in [0.25, 0.3) is 0 Å². The Morgan fingerprint density at radius 1 is 1.47 bits per heavy atom. The summed E-state index contributed by atoms with van der Waals surface area (Å²) in [5, 5.41) is 11.8. The van der Waals surface area contributed by atoms with Crippen molar-refractivity contribution < 1.29 is 14.7 Å². The first-order valence-electron chi connectivity index (χ1n) is 5.14. The van der Waals surface area contributed by atoms with Crippen molar-refractivity contribution in [2.75, 3.05) is 13.1 Å². The summed E-state index contributed by atoms with van der Waals surface area (Å²) in [6, 6.07) is -0.0934. The molecule has 1 unspecified atom stereocenters. The summed E-state index contributed by atoms with van der Waals surface area (Å²) >= 11 is 0. The lowest BCUT2D eigenvalue weighted by Crippen LogP contribution is -2.43. The second kappa shape index (κ2) is 4.08. The minimum absolute atomic E-state index is 0.0779. The molecule has 2 N–H and O–H groups in total. The first-order chi connectivity index (χ1) is 6.85. The van der Waals surface area contributed by atoms with Crippen LogP contribution >= 0.6 is 0 Å². The third-order valence-electron chi connectivity index (χ3n) is 2.69. The fraction of sp³-hybridized carbons (Fsp3) is 0.800. The standard InChI is InChI=1S/C10H18N2O3/c1-7(2)11-9(15)12-5-4-10(3,6-12)8(13)14/h7H,4-6H2,1-3H3,(H,11,15)(H,13,14). The van der Waals surface area contributed by atoms with E-state index in [-0.39, 0.29) is 12.1 Å². The Bertz CT molecular complexity index is 278. The topological polar surface area (TPSA) is 69.6 Å². The molecule has 1 heterocycles. The van der Waals surface area contributed by atoms with Crippen molar-refractivity contribution in [3.05, 3.63) is 0 Å². The van der Waals surface area contributed by atoms with Crippen LogP contribution < -0.4 is 5.32 Å². The highest BCUT2D eigenvalue weighted by molar-refractivity contribution is 5.79. The molecule has 0 radical (unpaired) electrons. The van der Waals surface area contributed by atoms with Crippen LogP contribution in [0.2, 0.25) is 0 Å². The molecule has 5 nitrogen and oxygen atoms in total. The van der Waals surface area contributed by atoms with Gasteiger partial charge in [0.1, 0.15) is 0 Å². The molecule has 1 aliphatic heterocycles. The van der Waals surface area contributed by atoms with Gasteiger partial charge in [-0.25, -0.2) is 4.79 Å². The lowest BCUT2D eigenvalue weighted by Gasteiger charge is -2.21. The van der Waals surface area contributed by atoms with Gasteiger partial charge in [0.2, 0.25) is 0 Å². The van der Waals surface area contributed by atoms with E-state index < -0.39 is 11.4 Å². The summed E-state index contributed by atoms with van der Waals surface area (Å²) in [4.78, 5) is 24.1. The monoisotopic (exact) mass is 214 g/mol. The number of likely N-dealkylation sites (tertiary alicyclic amines) is 1. The van der Waals surface area contributed by atoms with Gasteiger partial charge in [0.05, 0.1) is 5.41 Å². The second-order valence-corrected chi connectivity index (χ2v) is 4.64. The van der Waals surface area contributed by atoms with Crippen LogP contribution in [0.4, 0.5) is 4.79 Å². The summed E-state index contributed by atoms with van der Waals surface area (Å²) in [6.07, 6.45) is 0.522. The van der Waals surface area contributed by atoms with Crippen LogP contribution in [0.1, 0.15) is 27.2 Å². The molecule has 2 amide bonds. The van der Waals surface area contributed by atoms with E-state index in [4.69, 9.17) is 5.11 Å². The van der Waals surface area contributed by atoms with Crippen molar-refractivity contribution in [3.63, 3.8) is 0 Å². The number of carbonyl (C=O) groups is 2. The number of nitrogens with zero attached hydrogens (tertiary/aromatic N) is 1. The van der Waals surface area contributed by atoms with Crippen LogP contribution in [0.15, 0.2) is 0 Å². The van der Waals surface area contributed by atoms with Gasteiger partial charge < -0.3 is 15.3 Å². The molecule has 0 bridgehead atoms. The van der Waals surface area contributed by atoms with E-state index in [1.54, 1.807) is 11.8 Å². The summed E-state index contributed by atoms with van der Waals surface area (Å²) in [7, 11) is 0. The minimum atomic E-state index is -0.831. The van der Waals surface area contributed by atoms with Crippen LogP contribution in [0.3, 0.4) is 0 Å². The van der Waals surface area contributed by atoms with Crippen LogP contribution in [-0.2, 0) is 4.79 Å². The SMILES string of the molecule is CC(C)NC(=O)N1CCC(C)(C(=O)O)C1. The number of nitrogens with one attached hydrogen (secondary N) is 1. The van der Waals surface area contributed by atoms with Gasteiger partial charge in [0, 0.05) is 19.1 Å². The molecule has 1 saturated heterocycles. The van der Waals surface area contributed by atoms with Crippen LogP contribution in [-0.4, -0.2) is 41.1 Å². The highest BCUT2D eigenvalue weighted by Crippen LogP contribution is 2.29. The van der Waals surface area contributed by atoms with Gasteiger partial charge in [-0.3, -0.25) is 4.79 Å². The quantitative estimate of drug-likeness (QED) is 0.717. The van der Waals surface area contributed by atoms with Gasteiger partial charge in [-0.05, 0) is 27.2 Å². The van der Waals surface area contributed by atoms with Crippen molar-refractivity contribution in [1.82, 2.24) is 10.2 Å². The van der Waals surface area contributed by atoms with Crippen LogP contribution in [0, 0.1) is 5.41 Å². The number of hydrogen-bond acceptors (Lipinski definition) is 2. The predicted octanol–water partition coefficient (Wildman–Crippen LogP) is 0.901. The number of carboxylic acid groups (broad SMARTS) is 1. The zero-order valence-corrected chi connectivity index (χ0v) is 9.41. The number of amides is 2. The van der Waals surface area contributed by atoms with E-state index in [1.165, 1.54) is 0 Å². The second-order valence-electron chi connectivity index (χ2n) is 4.64. The van der Waals surface area contributed by atoms with Gasteiger partial charge in [-0.2, -0.15) is 0 Å². The highest BCUT2D eigenvalue weighted by atomic mass is 16.4. The Hall–Kier alpha value is -1.26. The zero-order valence-electron chi connectivity index (χ0n) is 9.41. The van der Waals surface area contributed by atoms with E-state index >= 15 is 0 Å². The van der Waals surface area contributed by atoms with Crippen molar-refractivity contribution in [1.29, 1.82) is 0 Å². The van der Waals surface area contributed by atoms with Crippen molar-refractivity contribution >= 4 is 12.0 Å². The molecule has 86 valence electrons. The molecule has 0 aromatic heterocycles. The molecule has 1 atom stereocenters. The number of carboxylic acids is 1. The fourth-order valence-electron chi connectivity index (χ4n) is 1.65. The van der Waals surface area contributed by atoms with E-state index in [2.05, 4.69) is 5.32 Å². The molecular weight excluding hydrogens is 196 g/mol. The molecule has 0 spiro atoms. The Balaban J connectivity index is 2.56. The lowest BCUT2D eigenvalue weighted by atomic mass is 9.90. The van der Waals surface area contributed by atoms with Gasteiger partial charge in [-0.15, -0.1) is 0 Å². The molecule has 1 rings (SSSR count). The van der Waals surface area contributed by atoms with Gasteiger partial charge >= 0.3 is 12.0 Å². The van der Waals surface area contributed by atoms with Crippen LogP contribution in [0.5, 0.6) is 0 Å². The summed E-state index contributed by atoms with van der Waals surface area (Å²) in [6.45, 7) is 6.24. The average Bonchev–Trinajstić information content (AvgIpc) is 2.48. The molecule has 1 fully saturated rings. The lowest BCUT2D eigenvalue weighted by molar-refractivity contribution is -0.146. The smallest absolute Gasteiger partial charge is 0.317 e. The van der Waals surface area contributed by atoms with Crippen molar-refractivity contribution in [3.8, 4) is 0 Å². The summed E-state index contributed by atoms with van der Waals surface area (Å²) in [5.41, 5.74) is -0.783. The Labute approximate surface area is 89.4 Å². The molecular formula is C10H18N2O3. The average molecular weight is 214 g/mol. The normalized spacial score (nSPS) is 25.7. The predicted molar refractivity (Wildman–Crippen MR) is 55.6 cm³/mol. The van der Waals surface area contributed by atoms with Gasteiger partial charge in [-0.1, -0.05) is 0 Å². The van der Waals surface area contributed by atoms with Crippen molar-refractivity contribution in [2.45, 2.75) is 33.2 Å². The molecule has 0 aromatic rings. The maximum absolute atomic E-state index is 11.6. The van der Waals surface area contributed by atoms with Gasteiger partial charge in [0.15, 0.2) is 0 Å². The minimum Gasteiger partial charge on any atom is -0.481 e. The van der Waals surface area contributed by atoms with E-state index in [9.17, 15) is 9.59 Å². The number of urea groups is 1. The Morgan fingerprint density at radius 3 is 2.47 bits per heavy atom. The molecule has 15 heavy (non-hydrogen) atoms. The maximum atomic E-state index is 11.6. The number of hydrogen-bond donors (Lipinski definition) is 2. The number of carbonyl (C=O) groups excluding carboxylic acids is 1. The summed E-state index contributed by atoms with van der Waals surface area (Å²) < 4.78 is 0. The van der Waals surface area contributed by atoms with E-state index in [1.807, 2.05) is 13.8 Å². The fourth-order valence-corrected chi connectivity index (χ4v) is 1.65. The largest absolute Gasteiger partial charge is 0.481 e. The zero-order chi connectivity index (χ0) is 11.6. The molecule has 5 heteroatoms. The summed E-state index contributed by atoms with van der Waals surface area (Å²) in [5.74, 6) is -0.831. The van der Waals surface area contributed by atoms with Crippen LogP contribution in [0.25, 0.3) is 0 Å². The Kier molecular flexibility index (Phi) is 3.21. The maximum Gasteiger partial charge on any atom is 0.317 e. The Morgan fingerprint density at radius 2 is 2.07 bits per heavy atom. The third-order valence-corrected chi connectivity index (χ3v) is 2.69.